The Bertz CT molecular complexity index is 775. The van der Waals surface area contributed by atoms with Crippen molar-refractivity contribution in [1.82, 2.24) is 9.88 Å². The topological polar surface area (TPSA) is 79.7 Å². The van der Waals surface area contributed by atoms with Crippen molar-refractivity contribution in [2.45, 2.75) is 32.2 Å². The minimum absolute atomic E-state index is 0.0368. The number of unbranched alkanes of at least 4 members (excludes halogenated alkanes) is 1. The first-order chi connectivity index (χ1) is 11.6. The number of cyclic esters (lactones) is 1. The van der Waals surface area contributed by atoms with Crippen LogP contribution in [-0.4, -0.2) is 40.2 Å². The van der Waals surface area contributed by atoms with Gasteiger partial charge in [0.05, 0.1) is 23.7 Å². The molecular formula is C18H20N2O4. The van der Waals surface area contributed by atoms with E-state index in [0.29, 0.717) is 13.2 Å². The highest BCUT2D eigenvalue weighted by molar-refractivity contribution is 5.92. The van der Waals surface area contributed by atoms with E-state index in [1.807, 2.05) is 18.2 Å². The van der Waals surface area contributed by atoms with E-state index in [9.17, 15) is 9.59 Å². The Morgan fingerprint density at radius 3 is 2.92 bits per heavy atom. The van der Waals surface area contributed by atoms with Crippen molar-refractivity contribution in [3.05, 3.63) is 41.6 Å². The van der Waals surface area contributed by atoms with Gasteiger partial charge in [-0.3, -0.25) is 9.88 Å². The number of rotatable bonds is 6. The average Bonchev–Trinajstić information content (AvgIpc) is 3.00. The number of hydrogen-bond donors (Lipinski definition) is 1. The van der Waals surface area contributed by atoms with Crippen LogP contribution in [0.5, 0.6) is 0 Å². The van der Waals surface area contributed by atoms with Gasteiger partial charge in [0, 0.05) is 11.6 Å². The zero-order valence-electron chi connectivity index (χ0n) is 13.6. The molecule has 2 aromatic rings. The van der Waals surface area contributed by atoms with Crippen molar-refractivity contribution in [2.24, 2.45) is 0 Å². The van der Waals surface area contributed by atoms with Crippen LogP contribution in [0.1, 0.15) is 48.1 Å². The van der Waals surface area contributed by atoms with Crippen molar-refractivity contribution in [3.63, 3.8) is 0 Å². The number of aromatic carboxylic acids is 1. The maximum atomic E-state index is 12.0. The van der Waals surface area contributed by atoms with E-state index in [1.54, 1.807) is 11.0 Å². The number of fused-ring (bicyclic) bond motifs is 1. The molecule has 6 heteroatoms. The van der Waals surface area contributed by atoms with Crippen LogP contribution in [-0.2, 0) is 4.74 Å². The molecule has 1 aromatic heterocycles. The number of carboxylic acids is 1. The fraction of sp³-hybridized carbons (Fsp3) is 0.389. The Balaban J connectivity index is 1.96. The van der Waals surface area contributed by atoms with Gasteiger partial charge in [0.1, 0.15) is 6.61 Å². The first-order valence-corrected chi connectivity index (χ1v) is 8.16. The van der Waals surface area contributed by atoms with Gasteiger partial charge in [-0.15, -0.1) is 0 Å². The second kappa shape index (κ2) is 6.86. The molecule has 0 bridgehead atoms. The predicted molar refractivity (Wildman–Crippen MR) is 89.0 cm³/mol. The number of pyridine rings is 1. The standard InChI is InChI=1S/C18H20N2O4/c1-2-3-4-16(20-7-8-24-18(20)23)13-6-5-12-9-14(17(21)22)11-19-15(12)10-13/h5-6,9-11,16H,2-4,7-8H2,1H3,(H,21,22). The van der Waals surface area contributed by atoms with Crippen LogP contribution in [0, 0.1) is 0 Å². The molecule has 0 saturated carbocycles. The minimum atomic E-state index is -0.992. The summed E-state index contributed by atoms with van der Waals surface area (Å²) in [5.74, 6) is -0.992. The Hall–Kier alpha value is -2.63. The van der Waals surface area contributed by atoms with Crippen LogP contribution < -0.4 is 0 Å². The summed E-state index contributed by atoms with van der Waals surface area (Å²) in [5.41, 5.74) is 1.90. The van der Waals surface area contributed by atoms with Crippen molar-refractivity contribution in [2.75, 3.05) is 13.2 Å². The quantitative estimate of drug-likeness (QED) is 0.876. The highest BCUT2D eigenvalue weighted by atomic mass is 16.6. The number of hydrogen-bond acceptors (Lipinski definition) is 4. The summed E-state index contributed by atoms with van der Waals surface area (Å²) in [6.45, 7) is 3.14. The predicted octanol–water partition coefficient (Wildman–Crippen LogP) is 3.62. The fourth-order valence-electron chi connectivity index (χ4n) is 3.05. The summed E-state index contributed by atoms with van der Waals surface area (Å²) >= 11 is 0. The van der Waals surface area contributed by atoms with Crippen LogP contribution in [0.25, 0.3) is 10.9 Å². The molecule has 1 aliphatic rings. The molecule has 0 radical (unpaired) electrons. The lowest BCUT2D eigenvalue weighted by atomic mass is 9.98. The Kier molecular flexibility index (Phi) is 4.64. The highest BCUT2D eigenvalue weighted by Gasteiger charge is 2.30. The normalized spacial score (nSPS) is 15.5. The zero-order valence-corrected chi connectivity index (χ0v) is 13.6. The molecule has 1 N–H and O–H groups in total. The molecule has 1 aromatic carbocycles. The first-order valence-electron chi connectivity index (χ1n) is 8.16. The maximum absolute atomic E-state index is 12.0. The molecule has 3 rings (SSSR count). The summed E-state index contributed by atoms with van der Waals surface area (Å²) in [6, 6.07) is 7.32. The number of carboxylic acid groups (broad SMARTS) is 1. The number of benzene rings is 1. The second-order valence-electron chi connectivity index (χ2n) is 5.95. The molecule has 1 unspecified atom stereocenters. The minimum Gasteiger partial charge on any atom is -0.478 e. The smallest absolute Gasteiger partial charge is 0.410 e. The van der Waals surface area contributed by atoms with Gasteiger partial charge in [-0.2, -0.15) is 0 Å². The largest absolute Gasteiger partial charge is 0.478 e. The third kappa shape index (κ3) is 3.18. The third-order valence-electron chi connectivity index (χ3n) is 4.34. The van der Waals surface area contributed by atoms with Gasteiger partial charge in [-0.25, -0.2) is 9.59 Å². The summed E-state index contributed by atoms with van der Waals surface area (Å²) in [7, 11) is 0. The zero-order chi connectivity index (χ0) is 17.1. The van der Waals surface area contributed by atoms with Crippen molar-refractivity contribution in [1.29, 1.82) is 0 Å². The maximum Gasteiger partial charge on any atom is 0.410 e. The highest BCUT2D eigenvalue weighted by Crippen LogP contribution is 2.30. The molecular weight excluding hydrogens is 308 g/mol. The van der Waals surface area contributed by atoms with Gasteiger partial charge in [0.25, 0.3) is 0 Å². The van der Waals surface area contributed by atoms with Gasteiger partial charge < -0.3 is 9.84 Å². The van der Waals surface area contributed by atoms with Gasteiger partial charge in [-0.1, -0.05) is 31.9 Å². The van der Waals surface area contributed by atoms with Crippen LogP contribution in [0.15, 0.2) is 30.5 Å². The van der Waals surface area contributed by atoms with E-state index in [0.717, 1.165) is 35.7 Å². The number of ether oxygens (including phenoxy) is 1. The summed E-state index contributed by atoms with van der Waals surface area (Å²) in [6.07, 6.45) is 4.01. The summed E-state index contributed by atoms with van der Waals surface area (Å²) < 4.78 is 5.08. The molecule has 0 spiro atoms. The van der Waals surface area contributed by atoms with Gasteiger partial charge in [-0.05, 0) is 24.1 Å². The number of amides is 1. The molecule has 1 saturated heterocycles. The Morgan fingerprint density at radius 1 is 1.42 bits per heavy atom. The van der Waals surface area contributed by atoms with E-state index in [1.165, 1.54) is 6.20 Å². The summed E-state index contributed by atoms with van der Waals surface area (Å²) in [4.78, 5) is 29.0. The number of nitrogens with zero attached hydrogens (tertiary/aromatic N) is 2. The molecule has 1 atom stereocenters. The lowest BCUT2D eigenvalue weighted by Gasteiger charge is -2.26. The third-order valence-corrected chi connectivity index (χ3v) is 4.34. The summed E-state index contributed by atoms with van der Waals surface area (Å²) in [5, 5.41) is 9.83. The molecule has 1 amide bonds. The van der Waals surface area contributed by atoms with E-state index in [2.05, 4.69) is 11.9 Å². The second-order valence-corrected chi connectivity index (χ2v) is 5.95. The SMILES string of the molecule is CCCCC(c1ccc2cc(C(=O)O)cnc2c1)N1CCOC1=O. The monoisotopic (exact) mass is 328 g/mol. The lowest BCUT2D eigenvalue weighted by Crippen LogP contribution is -2.29. The van der Waals surface area contributed by atoms with Gasteiger partial charge >= 0.3 is 12.1 Å². The fourth-order valence-corrected chi connectivity index (χ4v) is 3.05. The molecule has 126 valence electrons. The van der Waals surface area contributed by atoms with Gasteiger partial charge in [0.15, 0.2) is 0 Å². The molecule has 1 fully saturated rings. The number of carbonyl (C=O) groups excluding carboxylic acids is 1. The van der Waals surface area contributed by atoms with E-state index >= 15 is 0 Å². The van der Waals surface area contributed by atoms with Crippen molar-refractivity contribution in [3.8, 4) is 0 Å². The lowest BCUT2D eigenvalue weighted by molar-refractivity contribution is 0.0696. The van der Waals surface area contributed by atoms with E-state index in [-0.39, 0.29) is 17.7 Å². The van der Waals surface area contributed by atoms with Crippen molar-refractivity contribution >= 4 is 23.0 Å². The number of carbonyl (C=O) groups is 2. The van der Waals surface area contributed by atoms with Crippen molar-refractivity contribution < 1.29 is 19.4 Å². The van der Waals surface area contributed by atoms with E-state index < -0.39 is 5.97 Å². The van der Waals surface area contributed by atoms with Crippen LogP contribution in [0.4, 0.5) is 4.79 Å². The van der Waals surface area contributed by atoms with Crippen LogP contribution in [0.2, 0.25) is 0 Å². The molecule has 0 aliphatic carbocycles. The Labute approximate surface area is 140 Å². The van der Waals surface area contributed by atoms with Gasteiger partial charge in [0.2, 0.25) is 0 Å². The Morgan fingerprint density at radius 2 is 2.25 bits per heavy atom. The molecule has 1 aliphatic heterocycles. The molecule has 2 heterocycles. The molecule has 6 nitrogen and oxygen atoms in total. The van der Waals surface area contributed by atoms with Crippen LogP contribution >= 0.6 is 0 Å². The van der Waals surface area contributed by atoms with E-state index in [4.69, 9.17) is 9.84 Å². The first kappa shape index (κ1) is 16.2. The average molecular weight is 328 g/mol. The molecule has 24 heavy (non-hydrogen) atoms. The number of aromatic nitrogens is 1. The van der Waals surface area contributed by atoms with Crippen LogP contribution in [0.3, 0.4) is 0 Å².